The van der Waals surface area contributed by atoms with Gasteiger partial charge in [0.05, 0.1) is 11.1 Å². The Hall–Kier alpha value is -1.98. The molecule has 2 heterocycles. The van der Waals surface area contributed by atoms with Crippen LogP contribution < -0.4 is 10.9 Å². The zero-order valence-electron chi connectivity index (χ0n) is 13.8. The van der Waals surface area contributed by atoms with Crippen molar-refractivity contribution in [3.8, 4) is 0 Å². The van der Waals surface area contributed by atoms with E-state index in [1.54, 1.807) is 12.1 Å². The maximum Gasteiger partial charge on any atom is 0.417 e. The van der Waals surface area contributed by atoms with Crippen molar-refractivity contribution >= 4 is 16.6 Å². The Morgan fingerprint density at radius 3 is 2.58 bits per heavy atom. The molecule has 0 fully saturated rings. The number of fused-ring (bicyclic) bond motifs is 2. The molecule has 2 N–H and O–H groups in total. The van der Waals surface area contributed by atoms with Crippen LogP contribution in [0.25, 0.3) is 10.9 Å². The number of nitrogens with one attached hydrogen (secondary N) is 2. The number of H-pyrrole nitrogens is 1. The van der Waals surface area contributed by atoms with Gasteiger partial charge in [-0.15, -0.1) is 0 Å². The van der Waals surface area contributed by atoms with E-state index in [0.29, 0.717) is 18.0 Å². The SMILES string of the molecule is CCC[C@H]1Cc2cc3c(C(F)(F)F)cc(=O)[nH]c3cc2N[C@@H]1CC. The lowest BCUT2D eigenvalue weighted by Crippen LogP contribution is -2.34. The number of alkyl halides is 3. The third-order valence-electron chi connectivity index (χ3n) is 4.86. The highest BCUT2D eigenvalue weighted by atomic mass is 19.4. The molecule has 0 amide bonds. The molecule has 0 aliphatic carbocycles. The van der Waals surface area contributed by atoms with Gasteiger partial charge in [-0.2, -0.15) is 13.2 Å². The smallest absolute Gasteiger partial charge is 0.382 e. The monoisotopic (exact) mass is 338 g/mol. The van der Waals surface area contributed by atoms with Gasteiger partial charge in [-0.3, -0.25) is 4.79 Å². The first-order valence-corrected chi connectivity index (χ1v) is 8.37. The molecule has 2 aromatic rings. The Morgan fingerprint density at radius 2 is 1.96 bits per heavy atom. The summed E-state index contributed by atoms with van der Waals surface area (Å²) in [6.07, 6.45) is -0.729. The van der Waals surface area contributed by atoms with Crippen LogP contribution in [0.2, 0.25) is 0 Å². The molecule has 0 spiro atoms. The van der Waals surface area contributed by atoms with Gasteiger partial charge in [0, 0.05) is 23.2 Å². The standard InChI is InChI=1S/C18H21F3N2O/c1-3-5-10-6-11-7-12-13(18(19,20)21)8-17(24)23-16(12)9-15(11)22-14(10)4-2/h7-10,14,22H,3-6H2,1-2H3,(H,23,24)/t10-,14+/m0/s1. The topological polar surface area (TPSA) is 44.9 Å². The van der Waals surface area contributed by atoms with Gasteiger partial charge >= 0.3 is 6.18 Å². The minimum absolute atomic E-state index is 0.0628. The summed E-state index contributed by atoms with van der Waals surface area (Å²) < 4.78 is 39.8. The maximum absolute atomic E-state index is 13.3. The summed E-state index contributed by atoms with van der Waals surface area (Å²) in [6, 6.07) is 4.19. The lowest BCUT2D eigenvalue weighted by molar-refractivity contribution is -0.136. The minimum Gasteiger partial charge on any atom is -0.382 e. The van der Waals surface area contributed by atoms with Gasteiger partial charge < -0.3 is 10.3 Å². The quantitative estimate of drug-likeness (QED) is 0.851. The van der Waals surface area contributed by atoms with Crippen LogP contribution in [0, 0.1) is 5.92 Å². The minimum atomic E-state index is -4.54. The van der Waals surface area contributed by atoms with E-state index in [1.807, 2.05) is 0 Å². The second kappa shape index (κ2) is 6.15. The van der Waals surface area contributed by atoms with Crippen molar-refractivity contribution in [1.29, 1.82) is 0 Å². The Balaban J connectivity index is 2.16. The summed E-state index contributed by atoms with van der Waals surface area (Å²) in [7, 11) is 0. The Kier molecular flexibility index (Phi) is 4.32. The predicted molar refractivity (Wildman–Crippen MR) is 89.4 cm³/mol. The van der Waals surface area contributed by atoms with Crippen LogP contribution in [0.5, 0.6) is 0 Å². The van der Waals surface area contributed by atoms with Gasteiger partial charge in [0.25, 0.3) is 0 Å². The van der Waals surface area contributed by atoms with E-state index >= 15 is 0 Å². The summed E-state index contributed by atoms with van der Waals surface area (Å²) in [6.45, 7) is 4.23. The van der Waals surface area contributed by atoms with Gasteiger partial charge in [-0.25, -0.2) is 0 Å². The van der Waals surface area contributed by atoms with E-state index in [2.05, 4.69) is 24.1 Å². The molecule has 130 valence electrons. The summed E-state index contributed by atoms with van der Waals surface area (Å²) in [5, 5.41) is 3.51. The van der Waals surface area contributed by atoms with Gasteiger partial charge in [0.1, 0.15) is 0 Å². The number of hydrogen-bond donors (Lipinski definition) is 2. The summed E-state index contributed by atoms with van der Waals surface area (Å²) in [5.41, 5.74) is 0.347. The number of rotatable bonds is 3. The van der Waals surface area contributed by atoms with Crippen molar-refractivity contribution in [3.63, 3.8) is 0 Å². The van der Waals surface area contributed by atoms with Crippen LogP contribution in [0.1, 0.15) is 44.2 Å². The first kappa shape index (κ1) is 16.9. The maximum atomic E-state index is 13.3. The van der Waals surface area contributed by atoms with E-state index in [9.17, 15) is 18.0 Å². The molecule has 1 aliphatic heterocycles. The third-order valence-corrected chi connectivity index (χ3v) is 4.86. The average molecular weight is 338 g/mol. The zero-order chi connectivity index (χ0) is 17.5. The first-order chi connectivity index (χ1) is 11.3. The van der Waals surface area contributed by atoms with Crippen molar-refractivity contribution in [2.45, 2.75) is 51.7 Å². The number of pyridine rings is 1. The van der Waals surface area contributed by atoms with Crippen LogP contribution in [0.4, 0.5) is 18.9 Å². The largest absolute Gasteiger partial charge is 0.417 e. The predicted octanol–water partition coefficient (Wildman–Crippen LogP) is 4.71. The van der Waals surface area contributed by atoms with Crippen LogP contribution in [-0.2, 0) is 12.6 Å². The van der Waals surface area contributed by atoms with Crippen molar-refractivity contribution in [3.05, 3.63) is 39.7 Å². The summed E-state index contributed by atoms with van der Waals surface area (Å²) in [4.78, 5) is 14.1. The highest BCUT2D eigenvalue weighted by Crippen LogP contribution is 2.38. The molecule has 0 bridgehead atoms. The molecule has 1 aliphatic rings. The molecule has 0 saturated carbocycles. The number of anilines is 1. The summed E-state index contributed by atoms with van der Waals surface area (Å²) in [5.74, 6) is 0.419. The Bertz CT molecular complexity index is 810. The molecule has 24 heavy (non-hydrogen) atoms. The Labute approximate surface area is 138 Å². The highest BCUT2D eigenvalue weighted by Gasteiger charge is 2.34. The van der Waals surface area contributed by atoms with E-state index in [4.69, 9.17) is 0 Å². The van der Waals surface area contributed by atoms with E-state index in [-0.39, 0.29) is 10.9 Å². The van der Waals surface area contributed by atoms with Crippen molar-refractivity contribution in [1.82, 2.24) is 4.98 Å². The first-order valence-electron chi connectivity index (χ1n) is 8.37. The van der Waals surface area contributed by atoms with Gasteiger partial charge in [0.2, 0.25) is 5.56 Å². The average Bonchev–Trinajstić information content (AvgIpc) is 2.51. The molecular formula is C18H21F3N2O. The molecule has 2 atom stereocenters. The zero-order valence-corrected chi connectivity index (χ0v) is 13.8. The van der Waals surface area contributed by atoms with Crippen LogP contribution in [0.3, 0.4) is 0 Å². The lowest BCUT2D eigenvalue weighted by Gasteiger charge is -2.34. The molecular weight excluding hydrogens is 317 g/mol. The fourth-order valence-corrected chi connectivity index (χ4v) is 3.74. The Morgan fingerprint density at radius 1 is 1.21 bits per heavy atom. The van der Waals surface area contributed by atoms with Gasteiger partial charge in [-0.05, 0) is 42.9 Å². The van der Waals surface area contributed by atoms with Crippen molar-refractivity contribution in [2.24, 2.45) is 5.92 Å². The number of hydrogen-bond acceptors (Lipinski definition) is 2. The van der Waals surface area contributed by atoms with Gasteiger partial charge in [-0.1, -0.05) is 20.3 Å². The normalized spacial score (nSPS) is 20.7. The fourth-order valence-electron chi connectivity index (χ4n) is 3.74. The van der Waals surface area contributed by atoms with Crippen molar-refractivity contribution < 1.29 is 13.2 Å². The molecule has 6 heteroatoms. The third kappa shape index (κ3) is 3.01. The summed E-state index contributed by atoms with van der Waals surface area (Å²) >= 11 is 0. The molecule has 0 saturated heterocycles. The fraction of sp³-hybridized carbons (Fsp3) is 0.500. The van der Waals surface area contributed by atoms with E-state index in [0.717, 1.165) is 36.9 Å². The molecule has 3 rings (SSSR count). The van der Waals surface area contributed by atoms with Crippen molar-refractivity contribution in [2.75, 3.05) is 5.32 Å². The molecule has 1 aromatic carbocycles. The number of aromatic nitrogens is 1. The van der Waals surface area contributed by atoms with Crippen LogP contribution in [-0.4, -0.2) is 11.0 Å². The lowest BCUT2D eigenvalue weighted by atomic mass is 9.82. The molecule has 0 unspecified atom stereocenters. The van der Waals surface area contributed by atoms with Gasteiger partial charge in [0.15, 0.2) is 0 Å². The van der Waals surface area contributed by atoms with Crippen LogP contribution in [0.15, 0.2) is 23.0 Å². The molecule has 3 nitrogen and oxygen atoms in total. The molecule has 1 aromatic heterocycles. The number of benzene rings is 1. The second-order valence-electron chi connectivity index (χ2n) is 6.51. The van der Waals surface area contributed by atoms with Crippen LogP contribution >= 0.6 is 0 Å². The number of halogens is 3. The van der Waals surface area contributed by atoms with E-state index in [1.165, 1.54) is 0 Å². The molecule has 0 radical (unpaired) electrons. The number of aromatic amines is 1. The second-order valence-corrected chi connectivity index (χ2v) is 6.51. The highest BCUT2D eigenvalue weighted by molar-refractivity contribution is 5.87. The van der Waals surface area contributed by atoms with E-state index < -0.39 is 17.3 Å².